The van der Waals surface area contributed by atoms with Crippen molar-refractivity contribution in [2.75, 3.05) is 11.9 Å². The molecule has 1 aromatic rings. The Labute approximate surface area is 120 Å². The van der Waals surface area contributed by atoms with Gasteiger partial charge in [0.15, 0.2) is 5.82 Å². The minimum absolute atomic E-state index is 0.0654. The van der Waals surface area contributed by atoms with Gasteiger partial charge in [0.2, 0.25) is 0 Å². The van der Waals surface area contributed by atoms with Gasteiger partial charge in [0.1, 0.15) is 0 Å². The number of rotatable bonds is 3. The first kappa shape index (κ1) is 15.0. The van der Waals surface area contributed by atoms with Crippen molar-refractivity contribution in [1.82, 2.24) is 9.55 Å². The number of aromatic nitrogens is 2. The zero-order valence-electron chi connectivity index (χ0n) is 12.7. The topological polar surface area (TPSA) is 72.9 Å². The van der Waals surface area contributed by atoms with Crippen LogP contribution in [0.1, 0.15) is 46.5 Å². The SMILES string of the molecule is CC(C)(C)n1ccnc(NCC2CCCCC2N)c1=O. The third-order valence-electron chi connectivity index (χ3n) is 4.06. The van der Waals surface area contributed by atoms with Gasteiger partial charge in [-0.25, -0.2) is 4.98 Å². The second-order valence-corrected chi connectivity index (χ2v) is 6.71. The largest absolute Gasteiger partial charge is 0.365 e. The number of hydrogen-bond acceptors (Lipinski definition) is 4. The summed E-state index contributed by atoms with van der Waals surface area (Å²) in [5.41, 5.74) is 5.83. The van der Waals surface area contributed by atoms with Crippen molar-refractivity contribution in [3.63, 3.8) is 0 Å². The van der Waals surface area contributed by atoms with Crippen LogP contribution in [0.3, 0.4) is 0 Å². The molecule has 5 nitrogen and oxygen atoms in total. The molecular weight excluding hydrogens is 252 g/mol. The van der Waals surface area contributed by atoms with E-state index in [1.54, 1.807) is 17.0 Å². The quantitative estimate of drug-likeness (QED) is 0.886. The summed E-state index contributed by atoms with van der Waals surface area (Å²) in [4.78, 5) is 16.6. The molecule has 2 rings (SSSR count). The van der Waals surface area contributed by atoms with Crippen LogP contribution < -0.4 is 16.6 Å². The third kappa shape index (κ3) is 3.39. The normalized spacial score (nSPS) is 23.6. The van der Waals surface area contributed by atoms with Gasteiger partial charge in [-0.15, -0.1) is 0 Å². The first-order valence-corrected chi connectivity index (χ1v) is 7.47. The highest BCUT2D eigenvalue weighted by molar-refractivity contribution is 5.31. The van der Waals surface area contributed by atoms with E-state index in [1.807, 2.05) is 20.8 Å². The fourth-order valence-electron chi connectivity index (χ4n) is 2.78. The Morgan fingerprint density at radius 3 is 2.75 bits per heavy atom. The van der Waals surface area contributed by atoms with E-state index in [-0.39, 0.29) is 17.1 Å². The molecule has 5 heteroatoms. The van der Waals surface area contributed by atoms with E-state index in [4.69, 9.17) is 5.73 Å². The molecule has 1 heterocycles. The number of hydrogen-bond donors (Lipinski definition) is 2. The Bertz CT molecular complexity index is 503. The van der Waals surface area contributed by atoms with Gasteiger partial charge in [-0.2, -0.15) is 0 Å². The maximum Gasteiger partial charge on any atom is 0.293 e. The number of nitrogens with zero attached hydrogens (tertiary/aromatic N) is 2. The third-order valence-corrected chi connectivity index (χ3v) is 4.06. The van der Waals surface area contributed by atoms with Crippen LogP contribution in [0.2, 0.25) is 0 Å². The monoisotopic (exact) mass is 278 g/mol. The molecule has 0 saturated heterocycles. The van der Waals surface area contributed by atoms with Crippen molar-refractivity contribution in [1.29, 1.82) is 0 Å². The van der Waals surface area contributed by atoms with Crippen LogP contribution in [0, 0.1) is 5.92 Å². The summed E-state index contributed by atoms with van der Waals surface area (Å²) in [5, 5.41) is 3.20. The lowest BCUT2D eigenvalue weighted by Gasteiger charge is -2.29. The summed E-state index contributed by atoms with van der Waals surface area (Å²) in [6.07, 6.45) is 8.08. The molecule has 0 spiro atoms. The molecular formula is C15H26N4O. The highest BCUT2D eigenvalue weighted by Gasteiger charge is 2.22. The zero-order valence-corrected chi connectivity index (χ0v) is 12.7. The summed E-state index contributed by atoms with van der Waals surface area (Å²) in [6, 6.07) is 0.241. The van der Waals surface area contributed by atoms with Crippen LogP contribution in [0.5, 0.6) is 0 Å². The molecule has 0 aromatic carbocycles. The maximum atomic E-state index is 12.4. The molecule has 1 saturated carbocycles. The molecule has 1 aliphatic rings. The van der Waals surface area contributed by atoms with Gasteiger partial charge in [-0.3, -0.25) is 4.79 Å². The molecule has 0 radical (unpaired) electrons. The Hall–Kier alpha value is -1.36. The number of anilines is 1. The van der Waals surface area contributed by atoms with Crippen LogP contribution in [0.25, 0.3) is 0 Å². The smallest absolute Gasteiger partial charge is 0.293 e. The standard InChI is InChI=1S/C15H26N4O/c1-15(2,3)19-9-8-17-13(14(19)20)18-10-11-6-4-5-7-12(11)16/h8-9,11-12H,4-7,10,16H2,1-3H3,(H,17,18). The second kappa shape index (κ2) is 5.95. The minimum atomic E-state index is -0.238. The first-order chi connectivity index (χ1) is 9.39. The highest BCUT2D eigenvalue weighted by Crippen LogP contribution is 2.22. The lowest BCUT2D eigenvalue weighted by molar-refractivity contribution is 0.320. The highest BCUT2D eigenvalue weighted by atomic mass is 16.1. The van der Waals surface area contributed by atoms with Crippen LogP contribution in [-0.2, 0) is 5.54 Å². The molecule has 112 valence electrons. The van der Waals surface area contributed by atoms with Gasteiger partial charge in [-0.1, -0.05) is 12.8 Å². The molecule has 20 heavy (non-hydrogen) atoms. The lowest BCUT2D eigenvalue weighted by Crippen LogP contribution is -2.39. The van der Waals surface area contributed by atoms with Gasteiger partial charge in [0, 0.05) is 30.5 Å². The molecule has 1 aliphatic carbocycles. The molecule has 0 amide bonds. The van der Waals surface area contributed by atoms with Gasteiger partial charge in [0.25, 0.3) is 5.56 Å². The van der Waals surface area contributed by atoms with E-state index in [0.717, 1.165) is 19.4 Å². The van der Waals surface area contributed by atoms with E-state index >= 15 is 0 Å². The molecule has 1 fully saturated rings. The van der Waals surface area contributed by atoms with Crippen LogP contribution in [0.4, 0.5) is 5.82 Å². The summed E-state index contributed by atoms with van der Waals surface area (Å²) in [5.74, 6) is 0.869. The molecule has 2 atom stereocenters. The summed E-state index contributed by atoms with van der Waals surface area (Å²) in [7, 11) is 0. The van der Waals surface area contributed by atoms with Gasteiger partial charge >= 0.3 is 0 Å². The van der Waals surface area contributed by atoms with Crippen molar-refractivity contribution in [2.45, 2.75) is 58.0 Å². The Balaban J connectivity index is 2.08. The fourth-order valence-corrected chi connectivity index (χ4v) is 2.78. The molecule has 0 bridgehead atoms. The van der Waals surface area contributed by atoms with Gasteiger partial charge < -0.3 is 15.6 Å². The maximum absolute atomic E-state index is 12.4. The van der Waals surface area contributed by atoms with E-state index in [2.05, 4.69) is 10.3 Å². The molecule has 3 N–H and O–H groups in total. The predicted octanol–water partition coefficient (Wildman–Crippen LogP) is 1.93. The Morgan fingerprint density at radius 2 is 2.10 bits per heavy atom. The summed E-state index contributed by atoms with van der Waals surface area (Å²) >= 11 is 0. The summed E-state index contributed by atoms with van der Waals surface area (Å²) in [6.45, 7) is 6.76. The lowest BCUT2D eigenvalue weighted by atomic mass is 9.85. The van der Waals surface area contributed by atoms with Crippen molar-refractivity contribution in [3.8, 4) is 0 Å². The summed E-state index contributed by atoms with van der Waals surface area (Å²) < 4.78 is 1.71. The predicted molar refractivity (Wildman–Crippen MR) is 81.9 cm³/mol. The van der Waals surface area contributed by atoms with E-state index in [0.29, 0.717) is 11.7 Å². The van der Waals surface area contributed by atoms with E-state index in [9.17, 15) is 4.79 Å². The molecule has 1 aromatic heterocycles. The van der Waals surface area contributed by atoms with Crippen molar-refractivity contribution < 1.29 is 0 Å². The fraction of sp³-hybridized carbons (Fsp3) is 0.733. The van der Waals surface area contributed by atoms with Crippen molar-refractivity contribution in [3.05, 3.63) is 22.7 Å². The number of nitrogens with one attached hydrogen (secondary N) is 1. The molecule has 0 aliphatic heterocycles. The van der Waals surface area contributed by atoms with Crippen LogP contribution in [0.15, 0.2) is 17.2 Å². The number of nitrogens with two attached hydrogens (primary N) is 1. The van der Waals surface area contributed by atoms with Crippen LogP contribution >= 0.6 is 0 Å². The average Bonchev–Trinajstić information content (AvgIpc) is 2.38. The second-order valence-electron chi connectivity index (χ2n) is 6.71. The molecule has 2 unspecified atom stereocenters. The van der Waals surface area contributed by atoms with E-state index in [1.165, 1.54) is 12.8 Å². The van der Waals surface area contributed by atoms with Crippen molar-refractivity contribution >= 4 is 5.82 Å². The van der Waals surface area contributed by atoms with E-state index < -0.39 is 0 Å². The van der Waals surface area contributed by atoms with Gasteiger partial charge in [-0.05, 0) is 39.5 Å². The van der Waals surface area contributed by atoms with Crippen molar-refractivity contribution in [2.24, 2.45) is 11.7 Å². The minimum Gasteiger partial charge on any atom is -0.365 e. The first-order valence-electron chi connectivity index (χ1n) is 7.47. The average molecular weight is 278 g/mol. The zero-order chi connectivity index (χ0) is 14.8. The van der Waals surface area contributed by atoms with Crippen LogP contribution in [-0.4, -0.2) is 22.1 Å². The van der Waals surface area contributed by atoms with Gasteiger partial charge in [0.05, 0.1) is 0 Å². The Morgan fingerprint density at radius 1 is 1.40 bits per heavy atom. The Kier molecular flexibility index (Phi) is 4.48.